The molecule has 0 aliphatic heterocycles. The van der Waals surface area contributed by atoms with Crippen molar-refractivity contribution in [2.24, 2.45) is 0 Å². The van der Waals surface area contributed by atoms with E-state index in [9.17, 15) is 0 Å². The lowest BCUT2D eigenvalue weighted by molar-refractivity contribution is 1.56. The first-order valence-corrected chi connectivity index (χ1v) is 5.50. The van der Waals surface area contributed by atoms with Crippen molar-refractivity contribution in [3.63, 3.8) is 0 Å². The Hall–Kier alpha value is -2.34. The molecular weight excluding hydrogens is 228 g/mol. The average molecular weight is 256 g/mol. The minimum atomic E-state index is -3.03. The van der Waals surface area contributed by atoms with Gasteiger partial charge in [-0.25, -0.2) is 0 Å². The van der Waals surface area contributed by atoms with Crippen LogP contribution in [-0.4, -0.2) is 0 Å². The first-order valence-electron chi connectivity index (χ1n) is 12.5. The van der Waals surface area contributed by atoms with Crippen LogP contribution in [0.1, 0.15) is 24.8 Å². The number of hydrogen-bond donors (Lipinski definition) is 0. The van der Waals surface area contributed by atoms with Crippen molar-refractivity contribution in [3.05, 3.63) is 72.0 Å². The average Bonchev–Trinajstić information content (AvgIpc) is 2.73. The van der Waals surface area contributed by atoms with E-state index < -0.39 is 95.0 Å². The number of rotatable bonds is 0. The summed E-state index contributed by atoms with van der Waals surface area (Å²) in [7, 11) is 0. The summed E-state index contributed by atoms with van der Waals surface area (Å²) >= 11 is 0. The molecule has 0 saturated heterocycles. The molecule has 0 amide bonds. The Morgan fingerprint density at radius 2 is 1.32 bits per heavy atom. The molecule has 0 heteroatoms. The van der Waals surface area contributed by atoms with Crippen LogP contribution in [0.25, 0.3) is 32.3 Å². The molecule has 90 valence electrons. The summed E-state index contributed by atoms with van der Waals surface area (Å²) in [5.74, 6) is 0. The van der Waals surface area contributed by atoms with Crippen molar-refractivity contribution in [2.45, 2.75) is 6.85 Å². The fraction of sp³-hybridized carbons (Fsp3) is 0.0526. The van der Waals surface area contributed by atoms with Crippen LogP contribution in [0.3, 0.4) is 0 Å². The number of aryl methyl sites for hydroxylation is 1. The highest BCUT2D eigenvalue weighted by atomic mass is 14.1. The summed E-state index contributed by atoms with van der Waals surface area (Å²) in [4.78, 5) is 0. The summed E-state index contributed by atoms with van der Waals surface area (Å²) in [6, 6.07) is -7.34. The van der Waals surface area contributed by atoms with Crippen molar-refractivity contribution in [3.8, 4) is 0 Å². The molecule has 0 unspecified atom stereocenters. The number of fused-ring (bicyclic) bond motifs is 4. The van der Waals surface area contributed by atoms with E-state index in [0.29, 0.717) is 0 Å². The van der Waals surface area contributed by atoms with Gasteiger partial charge >= 0.3 is 0 Å². The van der Waals surface area contributed by atoms with Crippen LogP contribution in [-0.2, 0) is 0 Å². The van der Waals surface area contributed by atoms with Gasteiger partial charge in [0.25, 0.3) is 0 Å². The zero-order valence-corrected chi connectivity index (χ0v) is 9.50. The lowest BCUT2D eigenvalue weighted by Gasteiger charge is -2.09. The van der Waals surface area contributed by atoms with Crippen LogP contribution in [0.5, 0.6) is 0 Å². The van der Waals surface area contributed by atoms with Crippen LogP contribution in [0.4, 0.5) is 0 Å². The van der Waals surface area contributed by atoms with Gasteiger partial charge in [-0.05, 0) is 56.8 Å². The molecule has 0 bridgehead atoms. The number of benzene rings is 4. The standard InChI is InChI=1S/C19H14/c1-13-10-16-8-4-5-9-17(16)19-12-15-7-3-2-6-14(15)11-18(13)19/h2-12H,1H3/i1D3,2D,3D,4D,5D,6D,7D,8D,9D,10D,11D,12D. The van der Waals surface area contributed by atoms with E-state index in [-0.39, 0.29) is 16.2 Å². The van der Waals surface area contributed by atoms with Crippen LogP contribution in [0.15, 0.2) is 66.5 Å². The van der Waals surface area contributed by atoms with Crippen LogP contribution >= 0.6 is 0 Å². The van der Waals surface area contributed by atoms with Gasteiger partial charge in [-0.15, -0.1) is 0 Å². The maximum atomic E-state index is 8.75. The van der Waals surface area contributed by atoms with Gasteiger partial charge in [-0.1, -0.05) is 54.4 Å². The van der Waals surface area contributed by atoms with E-state index in [4.69, 9.17) is 19.2 Å². The highest BCUT2D eigenvalue weighted by molar-refractivity contribution is 6.13. The minimum absolute atomic E-state index is 0.346. The van der Waals surface area contributed by atoms with E-state index in [1.165, 1.54) is 0 Å². The van der Waals surface area contributed by atoms with Gasteiger partial charge in [0, 0.05) is 4.11 Å². The highest BCUT2D eigenvalue weighted by Gasteiger charge is 2.05. The summed E-state index contributed by atoms with van der Waals surface area (Å²) in [6.07, 6.45) is 0. The summed E-state index contributed by atoms with van der Waals surface area (Å²) < 4.78 is 115. The Morgan fingerprint density at radius 3 is 2.05 bits per heavy atom. The molecule has 0 saturated carbocycles. The van der Waals surface area contributed by atoms with E-state index >= 15 is 0 Å². The quantitative estimate of drug-likeness (QED) is 0.290. The molecule has 19 heavy (non-hydrogen) atoms. The Kier molecular flexibility index (Phi) is 0.726. The topological polar surface area (TPSA) is 0 Å². The van der Waals surface area contributed by atoms with Gasteiger partial charge in [0.2, 0.25) is 0 Å². The fourth-order valence-corrected chi connectivity index (χ4v) is 2.03. The first-order chi connectivity index (χ1) is 15.1. The van der Waals surface area contributed by atoms with Crippen molar-refractivity contribution in [2.75, 3.05) is 0 Å². The minimum Gasteiger partial charge on any atom is -0.0616 e. The lowest BCUT2D eigenvalue weighted by atomic mass is 9.95. The van der Waals surface area contributed by atoms with E-state index in [2.05, 4.69) is 0 Å². The monoisotopic (exact) mass is 256 g/mol. The Bertz CT molecular complexity index is 1550. The van der Waals surface area contributed by atoms with Gasteiger partial charge in [-0.2, -0.15) is 0 Å². The van der Waals surface area contributed by atoms with E-state index in [1.807, 2.05) is 0 Å². The third-order valence-corrected chi connectivity index (χ3v) is 2.88. The lowest BCUT2D eigenvalue weighted by Crippen LogP contribution is -1.83. The van der Waals surface area contributed by atoms with Crippen molar-refractivity contribution in [1.29, 1.82) is 0 Å². The smallest absolute Gasteiger partial charge is 0.0616 e. The predicted octanol–water partition coefficient (Wildman–Crippen LogP) is 5.45. The van der Waals surface area contributed by atoms with Crippen molar-refractivity contribution < 1.29 is 19.2 Å². The Morgan fingerprint density at radius 1 is 0.684 bits per heavy atom. The van der Waals surface area contributed by atoms with Crippen molar-refractivity contribution in [1.82, 2.24) is 0 Å². The molecule has 0 nitrogen and oxygen atoms in total. The van der Waals surface area contributed by atoms with Gasteiger partial charge in [0.1, 0.15) is 0 Å². The fourth-order valence-electron chi connectivity index (χ4n) is 2.03. The summed E-state index contributed by atoms with van der Waals surface area (Å²) in [5, 5.41) is -2.40. The van der Waals surface area contributed by atoms with Crippen LogP contribution < -0.4 is 0 Å². The summed E-state index contributed by atoms with van der Waals surface area (Å²) in [6.45, 7) is -3.03. The second-order valence-electron chi connectivity index (χ2n) is 4.00. The maximum absolute atomic E-state index is 8.75. The molecule has 0 radical (unpaired) electrons. The largest absolute Gasteiger partial charge is 0.0636 e. The Labute approximate surface area is 132 Å². The molecule has 0 aliphatic carbocycles. The SMILES string of the molecule is [2H]c1c([2H])c([2H])c2c([2H])c3c(c(C([2H])([2H])[2H])c([2H])c4c([2H])c([2H])c([2H])c([2H])c43)c([2H])c2c1[2H]. The highest BCUT2D eigenvalue weighted by Crippen LogP contribution is 2.31. The van der Waals surface area contributed by atoms with Crippen LogP contribution in [0, 0.1) is 6.85 Å². The molecule has 0 aliphatic rings. The molecule has 0 spiro atoms. The zero-order chi connectivity index (χ0) is 24.9. The van der Waals surface area contributed by atoms with Crippen LogP contribution in [0.2, 0.25) is 0 Å². The van der Waals surface area contributed by atoms with E-state index in [0.717, 1.165) is 0 Å². The van der Waals surface area contributed by atoms with Gasteiger partial charge in [0.15, 0.2) is 0 Å². The summed E-state index contributed by atoms with van der Waals surface area (Å²) in [5.41, 5.74) is -0.720. The van der Waals surface area contributed by atoms with E-state index in [1.54, 1.807) is 0 Å². The molecule has 0 N–H and O–H groups in total. The molecular formula is C19H14. The molecule has 4 aromatic rings. The van der Waals surface area contributed by atoms with Gasteiger partial charge in [0.05, 0.1) is 15.1 Å². The van der Waals surface area contributed by atoms with Gasteiger partial charge in [-0.3, -0.25) is 0 Å². The molecule has 4 rings (SSSR count). The maximum Gasteiger partial charge on any atom is 0.0636 e. The predicted molar refractivity (Wildman–Crippen MR) is 83.7 cm³/mol. The number of hydrogen-bond acceptors (Lipinski definition) is 0. The second kappa shape index (κ2) is 3.83. The molecule has 4 aromatic carbocycles. The van der Waals surface area contributed by atoms with Gasteiger partial charge < -0.3 is 0 Å². The second-order valence-corrected chi connectivity index (χ2v) is 4.00. The third-order valence-electron chi connectivity index (χ3n) is 2.88. The normalized spacial score (nSPS) is 22.5. The molecule has 0 aromatic heterocycles. The van der Waals surface area contributed by atoms with Crippen molar-refractivity contribution >= 4 is 32.3 Å². The zero-order valence-electron chi connectivity index (χ0n) is 23.5. The third kappa shape index (κ3) is 1.53. The Balaban J connectivity index is 2.59. The molecule has 0 fully saturated rings. The molecule has 0 atom stereocenters. The first kappa shape index (κ1) is 3.61. The molecule has 0 heterocycles.